The van der Waals surface area contributed by atoms with Gasteiger partial charge in [0.25, 0.3) is 0 Å². The number of amides is 1. The van der Waals surface area contributed by atoms with Crippen LogP contribution in [0.1, 0.15) is 32.0 Å². The van der Waals surface area contributed by atoms with Crippen molar-refractivity contribution in [2.24, 2.45) is 0 Å². The second-order valence-electron chi connectivity index (χ2n) is 6.88. The first kappa shape index (κ1) is 18.6. The van der Waals surface area contributed by atoms with Crippen LogP contribution in [0.2, 0.25) is 0 Å². The highest BCUT2D eigenvalue weighted by molar-refractivity contribution is 5.86. The molecule has 1 aromatic carbocycles. The second kappa shape index (κ2) is 7.04. The predicted molar refractivity (Wildman–Crippen MR) is 94.1 cm³/mol. The third-order valence-corrected chi connectivity index (χ3v) is 3.77. The van der Waals surface area contributed by atoms with Gasteiger partial charge in [-0.05, 0) is 51.5 Å². The van der Waals surface area contributed by atoms with E-state index < -0.39 is 23.7 Å². The van der Waals surface area contributed by atoms with Gasteiger partial charge in [0, 0.05) is 23.0 Å². The van der Waals surface area contributed by atoms with Crippen molar-refractivity contribution >= 4 is 23.0 Å². The zero-order chi connectivity index (χ0) is 18.8. The number of ether oxygens (including phenoxy) is 2. The fourth-order valence-corrected chi connectivity index (χ4v) is 2.55. The Bertz CT molecular complexity index is 789. The highest BCUT2D eigenvalue weighted by Gasteiger charge is 2.25. The molecule has 0 bridgehead atoms. The van der Waals surface area contributed by atoms with Crippen LogP contribution in [-0.4, -0.2) is 40.9 Å². The lowest BCUT2D eigenvalue weighted by Crippen LogP contribution is -2.44. The first-order valence-corrected chi connectivity index (χ1v) is 7.98. The van der Waals surface area contributed by atoms with E-state index in [0.717, 1.165) is 27.9 Å². The number of nitrogens with one attached hydrogen (secondary N) is 2. The van der Waals surface area contributed by atoms with E-state index in [9.17, 15) is 14.7 Å². The molecule has 0 saturated heterocycles. The number of aryl methyl sites for hydroxylation is 1. The quantitative estimate of drug-likeness (QED) is 0.771. The van der Waals surface area contributed by atoms with E-state index in [1.54, 1.807) is 27.9 Å². The minimum absolute atomic E-state index is 0.122. The van der Waals surface area contributed by atoms with Gasteiger partial charge in [-0.25, -0.2) is 9.59 Å². The van der Waals surface area contributed by atoms with Crippen molar-refractivity contribution in [1.82, 2.24) is 10.3 Å². The van der Waals surface area contributed by atoms with Gasteiger partial charge in [-0.15, -0.1) is 0 Å². The molecule has 1 heterocycles. The van der Waals surface area contributed by atoms with Crippen molar-refractivity contribution in [3.63, 3.8) is 0 Å². The number of hydrogen-bond donors (Lipinski definition) is 3. The van der Waals surface area contributed by atoms with Crippen LogP contribution in [-0.2, 0) is 16.0 Å². The van der Waals surface area contributed by atoms with Crippen molar-refractivity contribution in [2.75, 3.05) is 7.11 Å². The van der Waals surface area contributed by atoms with E-state index in [2.05, 4.69) is 10.3 Å². The molecule has 0 radical (unpaired) electrons. The third-order valence-electron chi connectivity index (χ3n) is 3.77. The highest BCUT2D eigenvalue weighted by Crippen LogP contribution is 2.26. The van der Waals surface area contributed by atoms with E-state index in [1.165, 1.54) is 0 Å². The molecule has 136 valence electrons. The zero-order valence-electron chi connectivity index (χ0n) is 15.1. The molecule has 0 fully saturated rings. The van der Waals surface area contributed by atoms with Crippen LogP contribution in [0.3, 0.4) is 0 Å². The van der Waals surface area contributed by atoms with Crippen molar-refractivity contribution in [3.8, 4) is 5.75 Å². The molecule has 0 spiro atoms. The van der Waals surface area contributed by atoms with E-state index >= 15 is 0 Å². The number of benzene rings is 1. The van der Waals surface area contributed by atoms with Gasteiger partial charge in [-0.1, -0.05) is 0 Å². The van der Waals surface area contributed by atoms with Gasteiger partial charge in [0.05, 0.1) is 7.11 Å². The first-order chi connectivity index (χ1) is 11.6. The van der Waals surface area contributed by atoms with Gasteiger partial charge < -0.3 is 24.9 Å². The van der Waals surface area contributed by atoms with Crippen LogP contribution in [0.15, 0.2) is 18.2 Å². The van der Waals surface area contributed by atoms with Gasteiger partial charge in [0.2, 0.25) is 0 Å². The largest absolute Gasteiger partial charge is 0.497 e. The minimum Gasteiger partial charge on any atom is -0.497 e. The SMILES string of the molecule is COc1ccc2[nH]c(CC(NC(=O)OC(C)(C)C)C(=O)O)c(C)c2c1. The normalized spacial score (nSPS) is 12.7. The highest BCUT2D eigenvalue weighted by atomic mass is 16.6. The van der Waals surface area contributed by atoms with Crippen LogP contribution in [0, 0.1) is 6.92 Å². The van der Waals surface area contributed by atoms with Crippen molar-refractivity contribution in [3.05, 3.63) is 29.5 Å². The second-order valence-corrected chi connectivity index (χ2v) is 6.88. The maximum Gasteiger partial charge on any atom is 0.408 e. The number of hydrogen-bond acceptors (Lipinski definition) is 4. The molecule has 1 aromatic heterocycles. The van der Waals surface area contributed by atoms with E-state index in [4.69, 9.17) is 9.47 Å². The summed E-state index contributed by atoms with van der Waals surface area (Å²) >= 11 is 0. The summed E-state index contributed by atoms with van der Waals surface area (Å²) in [6.45, 7) is 7.06. The molecule has 7 nitrogen and oxygen atoms in total. The van der Waals surface area contributed by atoms with E-state index in [0.29, 0.717) is 0 Å². The lowest BCUT2D eigenvalue weighted by molar-refractivity contribution is -0.139. The summed E-state index contributed by atoms with van der Waals surface area (Å²) in [6, 6.07) is 4.50. The molecule has 0 aliphatic heterocycles. The Morgan fingerprint density at radius 1 is 1.32 bits per heavy atom. The fraction of sp³-hybridized carbons (Fsp3) is 0.444. The molecule has 1 unspecified atom stereocenters. The van der Waals surface area contributed by atoms with Crippen LogP contribution < -0.4 is 10.1 Å². The lowest BCUT2D eigenvalue weighted by Gasteiger charge is -2.22. The molecule has 0 aliphatic rings. The minimum atomic E-state index is -1.12. The molecule has 1 amide bonds. The zero-order valence-corrected chi connectivity index (χ0v) is 15.1. The summed E-state index contributed by atoms with van der Waals surface area (Å²) in [4.78, 5) is 26.6. The number of fused-ring (bicyclic) bond motifs is 1. The van der Waals surface area contributed by atoms with Gasteiger partial charge in [0.1, 0.15) is 17.4 Å². The smallest absolute Gasteiger partial charge is 0.408 e. The summed E-state index contributed by atoms with van der Waals surface area (Å²) in [7, 11) is 1.59. The molecule has 2 rings (SSSR count). The standard InChI is InChI=1S/C18H24N2O5/c1-10-12-8-11(24-5)6-7-13(12)19-14(10)9-15(16(21)22)20-17(23)25-18(2,3)4/h6-8,15,19H,9H2,1-5H3,(H,20,23)(H,21,22). The molecule has 3 N–H and O–H groups in total. The maximum atomic E-state index is 11.9. The van der Waals surface area contributed by atoms with Crippen molar-refractivity contribution in [2.45, 2.75) is 45.8 Å². The van der Waals surface area contributed by atoms with Crippen LogP contribution in [0.5, 0.6) is 5.75 Å². The number of rotatable bonds is 5. The fourth-order valence-electron chi connectivity index (χ4n) is 2.55. The maximum absolute atomic E-state index is 11.9. The molecular weight excluding hydrogens is 324 g/mol. The monoisotopic (exact) mass is 348 g/mol. The number of carbonyl (C=O) groups excluding carboxylic acids is 1. The summed E-state index contributed by atoms with van der Waals surface area (Å²) in [5.74, 6) is -0.399. The molecular formula is C18H24N2O5. The van der Waals surface area contributed by atoms with Crippen LogP contribution in [0.4, 0.5) is 4.79 Å². The number of aromatic nitrogens is 1. The first-order valence-electron chi connectivity index (χ1n) is 7.98. The Kier molecular flexibility index (Phi) is 5.25. The van der Waals surface area contributed by atoms with Gasteiger partial charge in [0.15, 0.2) is 0 Å². The molecule has 0 saturated carbocycles. The van der Waals surface area contributed by atoms with Crippen LogP contribution >= 0.6 is 0 Å². The number of H-pyrrole nitrogens is 1. The summed E-state index contributed by atoms with van der Waals surface area (Å²) in [5, 5.41) is 12.8. The molecule has 25 heavy (non-hydrogen) atoms. The summed E-state index contributed by atoms with van der Waals surface area (Å²) in [6.07, 6.45) is -0.632. The lowest BCUT2D eigenvalue weighted by atomic mass is 10.1. The molecule has 0 aliphatic carbocycles. The number of carboxylic acids is 1. The number of alkyl carbamates (subject to hydrolysis) is 1. The average Bonchev–Trinajstić information content (AvgIpc) is 2.80. The Labute approximate surface area is 146 Å². The average molecular weight is 348 g/mol. The molecule has 7 heteroatoms. The molecule has 1 atom stereocenters. The van der Waals surface area contributed by atoms with Crippen molar-refractivity contribution in [1.29, 1.82) is 0 Å². The predicted octanol–water partition coefficient (Wildman–Crippen LogP) is 3.01. The number of aromatic amines is 1. The Balaban J connectivity index is 2.22. The number of carbonyl (C=O) groups is 2. The van der Waals surface area contributed by atoms with E-state index in [1.807, 2.05) is 25.1 Å². The molecule has 2 aromatic rings. The summed E-state index contributed by atoms with van der Waals surface area (Å²) < 4.78 is 10.4. The Morgan fingerprint density at radius 3 is 2.56 bits per heavy atom. The summed E-state index contributed by atoms with van der Waals surface area (Å²) in [5.41, 5.74) is 1.85. The van der Waals surface area contributed by atoms with Gasteiger partial charge in [-0.3, -0.25) is 0 Å². The van der Waals surface area contributed by atoms with Gasteiger partial charge in [-0.2, -0.15) is 0 Å². The van der Waals surface area contributed by atoms with Gasteiger partial charge >= 0.3 is 12.1 Å². The Hall–Kier alpha value is -2.70. The number of aliphatic carboxylic acids is 1. The van der Waals surface area contributed by atoms with E-state index in [-0.39, 0.29) is 6.42 Å². The number of methoxy groups -OCH3 is 1. The Morgan fingerprint density at radius 2 is 2.00 bits per heavy atom. The number of carboxylic acid groups (broad SMARTS) is 1. The van der Waals surface area contributed by atoms with Crippen molar-refractivity contribution < 1.29 is 24.2 Å². The third kappa shape index (κ3) is 4.65. The van der Waals surface area contributed by atoms with Crippen LogP contribution in [0.25, 0.3) is 10.9 Å². The topological polar surface area (TPSA) is 101 Å².